The van der Waals surface area contributed by atoms with Crippen molar-refractivity contribution in [1.29, 1.82) is 0 Å². The Morgan fingerprint density at radius 3 is 2.62 bits per heavy atom. The van der Waals surface area contributed by atoms with Crippen molar-refractivity contribution in [2.75, 3.05) is 0 Å². The number of benzene rings is 1. The molecule has 1 saturated carbocycles. The predicted octanol–water partition coefficient (Wildman–Crippen LogP) is 0.431. The maximum atomic E-state index is 12.7. The molecule has 0 aromatic heterocycles. The van der Waals surface area contributed by atoms with E-state index >= 15 is 0 Å². The molecule has 1 saturated heterocycles. The highest BCUT2D eigenvalue weighted by atomic mass is 16.4. The number of hydrogen-bond donors (Lipinski definition) is 3. The van der Waals surface area contributed by atoms with Crippen LogP contribution in [0.5, 0.6) is 0 Å². The van der Waals surface area contributed by atoms with E-state index in [1.54, 1.807) is 18.2 Å². The van der Waals surface area contributed by atoms with Gasteiger partial charge in [-0.05, 0) is 49.4 Å². The molecule has 1 aliphatic carbocycles. The summed E-state index contributed by atoms with van der Waals surface area (Å²) >= 11 is 0. The largest absolute Gasteiger partial charge is 0.481 e. The lowest BCUT2D eigenvalue weighted by Crippen LogP contribution is -2.52. The van der Waals surface area contributed by atoms with Gasteiger partial charge >= 0.3 is 5.97 Å². The topological polar surface area (TPSA) is 133 Å². The Morgan fingerprint density at radius 2 is 1.93 bits per heavy atom. The number of nitrogens with one attached hydrogen (secondary N) is 2. The summed E-state index contributed by atoms with van der Waals surface area (Å²) < 4.78 is 0. The molecule has 2 aliphatic heterocycles. The first-order valence-electron chi connectivity index (χ1n) is 9.64. The smallest absolute Gasteiger partial charge is 0.306 e. The van der Waals surface area contributed by atoms with Crippen molar-refractivity contribution in [1.82, 2.24) is 15.5 Å². The van der Waals surface area contributed by atoms with Crippen molar-refractivity contribution in [2.45, 2.75) is 50.7 Å². The molecule has 9 nitrogen and oxygen atoms in total. The van der Waals surface area contributed by atoms with Gasteiger partial charge in [0.1, 0.15) is 6.04 Å². The SMILES string of the molecule is O=C1CCC(N2Cc3cc(C(=O)N[C@H]4CC[C@@H](C(=O)O)C4)ccc3C2=O)C(=O)N1. The summed E-state index contributed by atoms with van der Waals surface area (Å²) in [5.41, 5.74) is 1.49. The summed E-state index contributed by atoms with van der Waals surface area (Å²) in [4.78, 5) is 61.2. The molecule has 4 amide bonds. The molecule has 4 rings (SSSR count). The van der Waals surface area contributed by atoms with E-state index in [2.05, 4.69) is 10.6 Å². The number of carbonyl (C=O) groups excluding carboxylic acids is 4. The number of carbonyl (C=O) groups is 5. The van der Waals surface area contributed by atoms with Crippen LogP contribution in [0, 0.1) is 5.92 Å². The fourth-order valence-corrected chi connectivity index (χ4v) is 4.32. The average Bonchev–Trinajstić information content (AvgIpc) is 3.26. The monoisotopic (exact) mass is 399 g/mol. The maximum Gasteiger partial charge on any atom is 0.306 e. The molecular weight excluding hydrogens is 378 g/mol. The highest BCUT2D eigenvalue weighted by Gasteiger charge is 2.39. The maximum absolute atomic E-state index is 12.7. The van der Waals surface area contributed by atoms with E-state index in [-0.39, 0.29) is 43.1 Å². The Balaban J connectivity index is 1.45. The van der Waals surface area contributed by atoms with Crippen LogP contribution in [0.25, 0.3) is 0 Å². The van der Waals surface area contributed by atoms with E-state index in [9.17, 15) is 24.0 Å². The number of hydrogen-bond acceptors (Lipinski definition) is 5. The minimum Gasteiger partial charge on any atom is -0.481 e. The van der Waals surface area contributed by atoms with Crippen LogP contribution in [0.3, 0.4) is 0 Å². The lowest BCUT2D eigenvalue weighted by atomic mass is 10.0. The zero-order valence-electron chi connectivity index (χ0n) is 15.6. The fourth-order valence-electron chi connectivity index (χ4n) is 4.32. The molecule has 3 atom stereocenters. The van der Waals surface area contributed by atoms with Crippen molar-refractivity contribution in [3.63, 3.8) is 0 Å². The summed E-state index contributed by atoms with van der Waals surface area (Å²) in [5.74, 6) is -2.69. The minimum atomic E-state index is -0.841. The van der Waals surface area contributed by atoms with E-state index in [1.165, 1.54) is 4.90 Å². The van der Waals surface area contributed by atoms with Crippen LogP contribution in [0.1, 0.15) is 58.4 Å². The second-order valence-corrected chi connectivity index (χ2v) is 7.79. The van der Waals surface area contributed by atoms with Crippen LogP contribution in [-0.4, -0.2) is 51.7 Å². The van der Waals surface area contributed by atoms with Gasteiger partial charge in [-0.1, -0.05) is 0 Å². The predicted molar refractivity (Wildman–Crippen MR) is 98.7 cm³/mol. The van der Waals surface area contributed by atoms with Crippen molar-refractivity contribution >= 4 is 29.6 Å². The molecule has 0 radical (unpaired) electrons. The van der Waals surface area contributed by atoms with Gasteiger partial charge in [-0.25, -0.2) is 0 Å². The standard InChI is InChI=1S/C20H21N3O6/c24-16-6-5-15(18(26)22-16)23-9-12-7-10(2-4-14(12)19(23)27)17(25)21-13-3-1-11(8-13)20(28)29/h2,4,7,11,13,15H,1,3,5-6,8-9H2,(H,21,25)(H,28,29)(H,22,24,26)/t11-,13+,15?/m1/s1. The van der Waals surface area contributed by atoms with Crippen LogP contribution in [0.15, 0.2) is 18.2 Å². The summed E-state index contributed by atoms with van der Waals surface area (Å²) in [6.07, 6.45) is 2.04. The van der Waals surface area contributed by atoms with Crippen LogP contribution >= 0.6 is 0 Å². The number of amides is 4. The summed E-state index contributed by atoms with van der Waals surface area (Å²) in [7, 11) is 0. The van der Waals surface area contributed by atoms with Crippen molar-refractivity contribution < 1.29 is 29.1 Å². The molecule has 0 bridgehead atoms. The second kappa shape index (κ2) is 7.31. The van der Waals surface area contributed by atoms with Gasteiger partial charge in [-0.3, -0.25) is 29.3 Å². The molecule has 3 N–H and O–H groups in total. The number of carboxylic acids is 1. The third kappa shape index (κ3) is 3.59. The van der Waals surface area contributed by atoms with Crippen LogP contribution in [-0.2, 0) is 20.9 Å². The van der Waals surface area contributed by atoms with Gasteiger partial charge in [-0.2, -0.15) is 0 Å². The highest BCUT2D eigenvalue weighted by Crippen LogP contribution is 2.29. The van der Waals surface area contributed by atoms with Gasteiger partial charge in [0.2, 0.25) is 11.8 Å². The number of nitrogens with zero attached hydrogens (tertiary/aromatic N) is 1. The molecule has 9 heteroatoms. The van der Waals surface area contributed by atoms with Crippen molar-refractivity contribution in [3.8, 4) is 0 Å². The van der Waals surface area contributed by atoms with E-state index in [0.29, 0.717) is 36.0 Å². The quantitative estimate of drug-likeness (QED) is 0.629. The normalized spacial score (nSPS) is 26.3. The third-order valence-electron chi connectivity index (χ3n) is 5.90. The van der Waals surface area contributed by atoms with Gasteiger partial charge in [-0.15, -0.1) is 0 Å². The van der Waals surface area contributed by atoms with Crippen molar-refractivity contribution in [3.05, 3.63) is 34.9 Å². The lowest BCUT2D eigenvalue weighted by molar-refractivity contribution is -0.141. The van der Waals surface area contributed by atoms with E-state index in [1.807, 2.05) is 0 Å². The molecule has 3 aliphatic rings. The first-order valence-corrected chi connectivity index (χ1v) is 9.64. The van der Waals surface area contributed by atoms with Gasteiger partial charge in [0.25, 0.3) is 11.8 Å². The third-order valence-corrected chi connectivity index (χ3v) is 5.90. The van der Waals surface area contributed by atoms with Crippen molar-refractivity contribution in [2.24, 2.45) is 5.92 Å². The second-order valence-electron chi connectivity index (χ2n) is 7.79. The number of fused-ring (bicyclic) bond motifs is 1. The van der Waals surface area contributed by atoms with Gasteiger partial charge < -0.3 is 15.3 Å². The van der Waals surface area contributed by atoms with Gasteiger partial charge in [0.05, 0.1) is 5.92 Å². The number of rotatable bonds is 4. The Bertz CT molecular complexity index is 927. The van der Waals surface area contributed by atoms with Crippen LogP contribution in [0.4, 0.5) is 0 Å². The molecule has 2 heterocycles. The molecule has 152 valence electrons. The Kier molecular flexibility index (Phi) is 4.81. The average molecular weight is 399 g/mol. The Morgan fingerprint density at radius 1 is 1.14 bits per heavy atom. The number of aliphatic carboxylic acids is 1. The number of imide groups is 1. The first-order chi connectivity index (χ1) is 13.8. The Hall–Kier alpha value is -3.23. The van der Waals surface area contributed by atoms with Gasteiger partial charge in [0.15, 0.2) is 0 Å². The number of piperidine rings is 1. The van der Waals surface area contributed by atoms with Crippen LogP contribution < -0.4 is 10.6 Å². The first kappa shape index (κ1) is 19.1. The van der Waals surface area contributed by atoms with Crippen LogP contribution in [0.2, 0.25) is 0 Å². The summed E-state index contributed by atoms with van der Waals surface area (Å²) in [5, 5.41) is 14.2. The Labute approximate surface area is 166 Å². The van der Waals surface area contributed by atoms with Gasteiger partial charge in [0, 0.05) is 30.1 Å². The molecular formula is C20H21N3O6. The molecule has 1 aromatic rings. The number of carboxylic acid groups (broad SMARTS) is 1. The fraction of sp³-hybridized carbons (Fsp3) is 0.450. The molecule has 1 unspecified atom stereocenters. The molecule has 1 aromatic carbocycles. The molecule has 0 spiro atoms. The molecule has 2 fully saturated rings. The van der Waals surface area contributed by atoms with E-state index in [4.69, 9.17) is 5.11 Å². The zero-order chi connectivity index (χ0) is 20.7. The zero-order valence-corrected chi connectivity index (χ0v) is 15.6. The summed E-state index contributed by atoms with van der Waals surface area (Å²) in [6.45, 7) is 0.200. The lowest BCUT2D eigenvalue weighted by Gasteiger charge is -2.29. The minimum absolute atomic E-state index is 0.182. The molecule has 29 heavy (non-hydrogen) atoms. The summed E-state index contributed by atoms with van der Waals surface area (Å²) in [6, 6.07) is 3.89. The highest BCUT2D eigenvalue weighted by molar-refractivity contribution is 6.06. The van der Waals surface area contributed by atoms with E-state index < -0.39 is 23.8 Å². The van der Waals surface area contributed by atoms with E-state index in [0.717, 1.165) is 0 Å².